The zero-order valence-corrected chi connectivity index (χ0v) is 14.0. The van der Waals surface area contributed by atoms with E-state index < -0.39 is 0 Å². The fourth-order valence-corrected chi connectivity index (χ4v) is 3.73. The molecule has 0 spiro atoms. The molecule has 4 heteroatoms. The van der Waals surface area contributed by atoms with Gasteiger partial charge in [0.05, 0.1) is 5.69 Å². The third-order valence-corrected chi connectivity index (χ3v) is 4.57. The van der Waals surface area contributed by atoms with E-state index in [9.17, 15) is 0 Å². The van der Waals surface area contributed by atoms with Gasteiger partial charge in [-0.1, -0.05) is 13.8 Å². The summed E-state index contributed by atoms with van der Waals surface area (Å²) in [6.07, 6.45) is 0. The van der Waals surface area contributed by atoms with E-state index in [-0.39, 0.29) is 0 Å². The molecule has 1 unspecified atom stereocenters. The van der Waals surface area contributed by atoms with Crippen LogP contribution in [0.1, 0.15) is 13.8 Å². The molecule has 94 valence electrons. The van der Waals surface area contributed by atoms with Gasteiger partial charge in [-0.25, -0.2) is 0 Å². The van der Waals surface area contributed by atoms with Gasteiger partial charge in [-0.05, 0) is 62.6 Å². The molecule has 1 saturated heterocycles. The number of nitrogens with one attached hydrogen (secondary N) is 1. The van der Waals surface area contributed by atoms with Crippen LogP contribution in [0.15, 0.2) is 22.7 Å². The summed E-state index contributed by atoms with van der Waals surface area (Å²) in [4.78, 5) is 2.47. The minimum absolute atomic E-state index is 0.593. The number of rotatable bonds is 2. The third-order valence-electron chi connectivity index (χ3n) is 3.26. The molecular weight excluding hydrogens is 391 g/mol. The van der Waals surface area contributed by atoms with Gasteiger partial charge in [-0.15, -0.1) is 0 Å². The molecule has 1 aromatic rings. The average molecular weight is 409 g/mol. The van der Waals surface area contributed by atoms with Crippen molar-refractivity contribution in [2.45, 2.75) is 19.9 Å². The SMILES string of the molecule is CC(C)C1CN(c2ccc(I)cc2Br)CCN1. The summed E-state index contributed by atoms with van der Waals surface area (Å²) >= 11 is 6.02. The number of halogens is 2. The predicted octanol–water partition coefficient (Wildman–Crippen LogP) is 3.49. The van der Waals surface area contributed by atoms with Gasteiger partial charge < -0.3 is 10.2 Å². The van der Waals surface area contributed by atoms with Gasteiger partial charge in [-0.2, -0.15) is 0 Å². The molecule has 1 heterocycles. The lowest BCUT2D eigenvalue weighted by Gasteiger charge is -2.37. The van der Waals surface area contributed by atoms with Crippen LogP contribution in [0.3, 0.4) is 0 Å². The highest BCUT2D eigenvalue weighted by molar-refractivity contribution is 14.1. The van der Waals surface area contributed by atoms with E-state index in [0.29, 0.717) is 12.0 Å². The molecule has 0 aromatic heterocycles. The summed E-state index contributed by atoms with van der Waals surface area (Å²) in [5.74, 6) is 0.681. The molecule has 17 heavy (non-hydrogen) atoms. The van der Waals surface area contributed by atoms with Crippen molar-refractivity contribution in [1.29, 1.82) is 0 Å². The molecule has 0 radical (unpaired) electrons. The third kappa shape index (κ3) is 3.35. The van der Waals surface area contributed by atoms with Crippen molar-refractivity contribution in [3.63, 3.8) is 0 Å². The summed E-state index contributed by atoms with van der Waals surface area (Å²) < 4.78 is 2.47. The van der Waals surface area contributed by atoms with Crippen LogP contribution in [0.4, 0.5) is 5.69 Å². The van der Waals surface area contributed by atoms with Gasteiger partial charge >= 0.3 is 0 Å². The largest absolute Gasteiger partial charge is 0.368 e. The fraction of sp³-hybridized carbons (Fsp3) is 0.538. The highest BCUT2D eigenvalue weighted by Crippen LogP contribution is 2.29. The Bertz CT molecular complexity index is 395. The molecule has 0 bridgehead atoms. The second-order valence-corrected chi connectivity index (χ2v) is 6.95. The molecule has 1 fully saturated rings. The van der Waals surface area contributed by atoms with Gasteiger partial charge in [0, 0.05) is 33.7 Å². The molecule has 1 atom stereocenters. The van der Waals surface area contributed by atoms with Crippen LogP contribution in [0.25, 0.3) is 0 Å². The van der Waals surface area contributed by atoms with Gasteiger partial charge in [0.25, 0.3) is 0 Å². The summed E-state index contributed by atoms with van der Waals surface area (Å²) in [6.45, 7) is 7.81. The van der Waals surface area contributed by atoms with Crippen LogP contribution in [0.5, 0.6) is 0 Å². The van der Waals surface area contributed by atoms with E-state index in [0.717, 1.165) is 19.6 Å². The van der Waals surface area contributed by atoms with Crippen molar-refractivity contribution < 1.29 is 0 Å². The molecular formula is C13H18BrIN2. The Morgan fingerprint density at radius 2 is 2.24 bits per heavy atom. The van der Waals surface area contributed by atoms with Crippen LogP contribution in [-0.4, -0.2) is 25.7 Å². The standard InChI is InChI=1S/C13H18BrIN2/c1-9(2)12-8-17(6-5-16-12)13-4-3-10(15)7-11(13)14/h3-4,7,9,12,16H,5-6,8H2,1-2H3. The second-order valence-electron chi connectivity index (χ2n) is 4.85. The number of benzene rings is 1. The van der Waals surface area contributed by atoms with E-state index in [1.165, 1.54) is 13.7 Å². The number of anilines is 1. The molecule has 1 N–H and O–H groups in total. The quantitative estimate of drug-likeness (QED) is 0.753. The molecule has 0 amide bonds. The lowest BCUT2D eigenvalue weighted by Crippen LogP contribution is -2.53. The van der Waals surface area contributed by atoms with Crippen molar-refractivity contribution in [3.05, 3.63) is 26.2 Å². The Kier molecular flexibility index (Phi) is 4.72. The number of hydrogen-bond donors (Lipinski definition) is 1. The Labute approximate surface area is 125 Å². The van der Waals surface area contributed by atoms with E-state index >= 15 is 0 Å². The molecule has 1 aliphatic rings. The van der Waals surface area contributed by atoms with Crippen LogP contribution < -0.4 is 10.2 Å². The van der Waals surface area contributed by atoms with E-state index in [2.05, 4.69) is 80.8 Å². The molecule has 1 aromatic carbocycles. The highest BCUT2D eigenvalue weighted by Gasteiger charge is 2.22. The topological polar surface area (TPSA) is 15.3 Å². The van der Waals surface area contributed by atoms with Gasteiger partial charge in [0.1, 0.15) is 0 Å². The minimum Gasteiger partial charge on any atom is -0.368 e. The van der Waals surface area contributed by atoms with Crippen molar-refractivity contribution >= 4 is 44.2 Å². The van der Waals surface area contributed by atoms with Crippen LogP contribution >= 0.6 is 38.5 Å². The van der Waals surface area contributed by atoms with Gasteiger partial charge in [-0.3, -0.25) is 0 Å². The number of nitrogens with zero attached hydrogens (tertiary/aromatic N) is 1. The fourth-order valence-electron chi connectivity index (χ4n) is 2.18. The monoisotopic (exact) mass is 408 g/mol. The summed E-state index contributed by atoms with van der Waals surface area (Å²) in [7, 11) is 0. The average Bonchev–Trinajstić information content (AvgIpc) is 2.29. The van der Waals surface area contributed by atoms with Crippen LogP contribution in [-0.2, 0) is 0 Å². The molecule has 2 rings (SSSR count). The summed E-state index contributed by atoms with van der Waals surface area (Å²) in [5.41, 5.74) is 1.32. The summed E-state index contributed by atoms with van der Waals surface area (Å²) in [6, 6.07) is 7.17. The van der Waals surface area contributed by atoms with Crippen LogP contribution in [0, 0.1) is 9.49 Å². The maximum absolute atomic E-state index is 3.67. The lowest BCUT2D eigenvalue weighted by molar-refractivity contribution is 0.368. The van der Waals surface area contributed by atoms with E-state index in [4.69, 9.17) is 0 Å². The molecule has 1 aliphatic heterocycles. The highest BCUT2D eigenvalue weighted by atomic mass is 127. The zero-order chi connectivity index (χ0) is 12.4. The lowest BCUT2D eigenvalue weighted by atomic mass is 10.0. The Hall–Kier alpha value is 0.190. The first kappa shape index (κ1) is 13.6. The van der Waals surface area contributed by atoms with Gasteiger partial charge in [0.2, 0.25) is 0 Å². The first-order valence-corrected chi connectivity index (χ1v) is 7.88. The van der Waals surface area contributed by atoms with Crippen LogP contribution in [0.2, 0.25) is 0 Å². The molecule has 0 saturated carbocycles. The smallest absolute Gasteiger partial charge is 0.0512 e. The molecule has 0 aliphatic carbocycles. The first-order chi connectivity index (χ1) is 8.08. The maximum atomic E-state index is 3.67. The van der Waals surface area contributed by atoms with Crippen molar-refractivity contribution in [3.8, 4) is 0 Å². The zero-order valence-electron chi connectivity index (χ0n) is 10.2. The second kappa shape index (κ2) is 5.89. The minimum atomic E-state index is 0.593. The summed E-state index contributed by atoms with van der Waals surface area (Å²) in [5, 5.41) is 3.59. The van der Waals surface area contributed by atoms with E-state index in [1.54, 1.807) is 0 Å². The maximum Gasteiger partial charge on any atom is 0.0512 e. The Morgan fingerprint density at radius 1 is 1.47 bits per heavy atom. The number of piperazine rings is 1. The van der Waals surface area contributed by atoms with Crippen molar-refractivity contribution in [2.75, 3.05) is 24.5 Å². The molecule has 2 nitrogen and oxygen atoms in total. The van der Waals surface area contributed by atoms with Crippen molar-refractivity contribution in [1.82, 2.24) is 5.32 Å². The predicted molar refractivity (Wildman–Crippen MR) is 85.7 cm³/mol. The normalized spacial score (nSPS) is 21.0. The van der Waals surface area contributed by atoms with E-state index in [1.807, 2.05) is 0 Å². The first-order valence-electron chi connectivity index (χ1n) is 6.01. The Morgan fingerprint density at radius 3 is 2.88 bits per heavy atom. The van der Waals surface area contributed by atoms with Gasteiger partial charge in [0.15, 0.2) is 0 Å². The Balaban J connectivity index is 2.16. The van der Waals surface area contributed by atoms with Crippen molar-refractivity contribution in [2.24, 2.45) is 5.92 Å². The number of hydrogen-bond acceptors (Lipinski definition) is 2.